The Balaban J connectivity index is 1.46. The Morgan fingerprint density at radius 2 is 2.13 bits per heavy atom. The summed E-state index contributed by atoms with van der Waals surface area (Å²) in [5.41, 5.74) is 9.12. The number of hydrazone groups is 1. The third kappa shape index (κ3) is 4.69. The van der Waals surface area contributed by atoms with Gasteiger partial charge >= 0.3 is 0 Å². The van der Waals surface area contributed by atoms with Crippen molar-refractivity contribution in [2.45, 2.75) is 25.9 Å². The number of likely N-dealkylation sites (tertiary alicyclic amines) is 1. The molecule has 1 aromatic carbocycles. The van der Waals surface area contributed by atoms with Gasteiger partial charge in [0.25, 0.3) is 0 Å². The number of piperidine rings is 1. The van der Waals surface area contributed by atoms with Gasteiger partial charge in [-0.3, -0.25) is 0 Å². The number of aromatic nitrogens is 1. The maximum atomic E-state index is 9.27. The zero-order chi connectivity index (χ0) is 20.9. The van der Waals surface area contributed by atoms with Crippen molar-refractivity contribution in [1.82, 2.24) is 9.88 Å². The lowest BCUT2D eigenvalue weighted by Gasteiger charge is -2.35. The van der Waals surface area contributed by atoms with E-state index in [1.54, 1.807) is 17.5 Å². The van der Waals surface area contributed by atoms with Gasteiger partial charge in [0.15, 0.2) is 5.84 Å². The molecule has 4 rings (SSSR count). The van der Waals surface area contributed by atoms with Crippen LogP contribution in [0.25, 0.3) is 0 Å². The third-order valence-corrected chi connectivity index (χ3v) is 6.82. The fourth-order valence-corrected chi connectivity index (χ4v) is 5.18. The molecule has 1 atom stereocenters. The zero-order valence-corrected chi connectivity index (χ0v) is 18.0. The van der Waals surface area contributed by atoms with Crippen molar-refractivity contribution in [2.75, 3.05) is 50.0 Å². The van der Waals surface area contributed by atoms with Gasteiger partial charge in [-0.2, -0.15) is 5.10 Å². The Morgan fingerprint density at radius 1 is 1.30 bits per heavy atom. The summed E-state index contributed by atoms with van der Waals surface area (Å²) in [6.45, 7) is 5.07. The molecule has 0 radical (unpaired) electrons. The highest BCUT2D eigenvalue weighted by Gasteiger charge is 2.26. The van der Waals surface area contributed by atoms with Gasteiger partial charge in [0.2, 0.25) is 0 Å². The van der Waals surface area contributed by atoms with E-state index in [1.165, 1.54) is 0 Å². The lowest BCUT2D eigenvalue weighted by Crippen LogP contribution is -2.42. The smallest absolute Gasteiger partial charge is 0.157 e. The van der Waals surface area contributed by atoms with Crippen molar-refractivity contribution in [3.63, 3.8) is 0 Å². The summed E-state index contributed by atoms with van der Waals surface area (Å²) < 4.78 is 5.44. The number of thiazole rings is 1. The molecular weight excluding hydrogens is 400 g/mol. The summed E-state index contributed by atoms with van der Waals surface area (Å²) in [6.07, 6.45) is 4.90. The van der Waals surface area contributed by atoms with Gasteiger partial charge < -0.3 is 31.2 Å². The van der Waals surface area contributed by atoms with Crippen molar-refractivity contribution < 1.29 is 9.84 Å². The van der Waals surface area contributed by atoms with Gasteiger partial charge in [-0.1, -0.05) is 0 Å². The van der Waals surface area contributed by atoms with Crippen LogP contribution < -0.4 is 16.5 Å². The predicted octanol–water partition coefficient (Wildman–Crippen LogP) is 1.63. The highest BCUT2D eigenvalue weighted by atomic mass is 32.1. The van der Waals surface area contributed by atoms with Crippen molar-refractivity contribution in [3.8, 4) is 0 Å². The molecule has 2 fully saturated rings. The van der Waals surface area contributed by atoms with Gasteiger partial charge in [-0.25, -0.2) is 4.98 Å². The molecule has 0 amide bonds. The summed E-state index contributed by atoms with van der Waals surface area (Å²) in [6, 6.07) is 6.14. The fourth-order valence-electron chi connectivity index (χ4n) is 4.28. The molecule has 0 saturated carbocycles. The number of morpholine rings is 1. The molecule has 30 heavy (non-hydrogen) atoms. The van der Waals surface area contributed by atoms with Gasteiger partial charge in [-0.15, -0.1) is 11.3 Å². The molecule has 0 spiro atoms. The molecule has 1 unspecified atom stereocenters. The van der Waals surface area contributed by atoms with Crippen LogP contribution in [-0.4, -0.2) is 60.2 Å². The van der Waals surface area contributed by atoms with Crippen LogP contribution in [0.1, 0.15) is 28.3 Å². The minimum atomic E-state index is 0.0537. The van der Waals surface area contributed by atoms with E-state index < -0.39 is 0 Å². The first-order valence-electron chi connectivity index (χ1n) is 10.5. The van der Waals surface area contributed by atoms with E-state index in [0.29, 0.717) is 11.6 Å². The van der Waals surface area contributed by atoms with Gasteiger partial charge in [0.05, 0.1) is 29.7 Å². The molecule has 1 aromatic heterocycles. The molecule has 2 aliphatic rings. The Hall–Kier alpha value is -2.36. The van der Waals surface area contributed by atoms with Crippen molar-refractivity contribution in [1.29, 1.82) is 0 Å². The van der Waals surface area contributed by atoms with E-state index in [-0.39, 0.29) is 6.61 Å². The van der Waals surface area contributed by atoms with Crippen LogP contribution in [0.15, 0.2) is 29.5 Å². The van der Waals surface area contributed by atoms with Crippen LogP contribution >= 0.6 is 11.3 Å². The van der Waals surface area contributed by atoms with Crippen molar-refractivity contribution >= 4 is 28.5 Å². The minimum Gasteiger partial charge on any atom is -0.398 e. The number of nitrogens with zero attached hydrogens (tertiary/aromatic N) is 4. The van der Waals surface area contributed by atoms with Crippen LogP contribution in [0.2, 0.25) is 0 Å². The highest BCUT2D eigenvalue weighted by Crippen LogP contribution is 2.28. The molecule has 5 N–H and O–H groups in total. The Bertz CT molecular complexity index is 880. The summed E-state index contributed by atoms with van der Waals surface area (Å²) in [5, 5.41) is 14.5. The Labute approximate surface area is 181 Å². The lowest BCUT2D eigenvalue weighted by atomic mass is 9.94. The van der Waals surface area contributed by atoms with Crippen molar-refractivity contribution in [2.24, 2.45) is 16.9 Å². The Morgan fingerprint density at radius 3 is 2.83 bits per heavy atom. The summed E-state index contributed by atoms with van der Waals surface area (Å²) >= 11 is 1.59. The average molecular weight is 431 g/mol. The van der Waals surface area contributed by atoms with E-state index in [0.717, 1.165) is 85.6 Å². The maximum Gasteiger partial charge on any atom is 0.157 e. The zero-order valence-electron chi connectivity index (χ0n) is 17.2. The predicted molar refractivity (Wildman–Crippen MR) is 121 cm³/mol. The number of amidine groups is 1. The SMILES string of the molecule is N/N=C(\c1ccc(N2CCOCC2)cc1N)N1CCCC(Cc2ncc(CO)s2)C1. The molecule has 0 bridgehead atoms. The molecule has 2 saturated heterocycles. The number of nitrogens with two attached hydrogens (primary N) is 2. The number of aliphatic hydroxyl groups excluding tert-OH is 1. The second-order valence-electron chi connectivity index (χ2n) is 7.86. The average Bonchev–Trinajstić information content (AvgIpc) is 3.24. The van der Waals surface area contributed by atoms with Gasteiger partial charge in [0.1, 0.15) is 0 Å². The monoisotopic (exact) mass is 430 g/mol. The largest absolute Gasteiger partial charge is 0.398 e. The molecule has 162 valence electrons. The minimum absolute atomic E-state index is 0.0537. The molecular formula is C21H30N6O2S. The van der Waals surface area contributed by atoms with E-state index in [9.17, 15) is 5.11 Å². The van der Waals surface area contributed by atoms with E-state index in [4.69, 9.17) is 16.3 Å². The van der Waals surface area contributed by atoms with Gasteiger partial charge in [0, 0.05) is 55.7 Å². The first-order valence-corrected chi connectivity index (χ1v) is 11.3. The second-order valence-corrected chi connectivity index (χ2v) is 9.06. The van der Waals surface area contributed by atoms with E-state index in [1.807, 2.05) is 12.1 Å². The number of hydrogen-bond donors (Lipinski definition) is 3. The van der Waals surface area contributed by atoms with Crippen LogP contribution in [0.5, 0.6) is 0 Å². The van der Waals surface area contributed by atoms with Crippen LogP contribution in [-0.2, 0) is 17.8 Å². The van der Waals surface area contributed by atoms with E-state index >= 15 is 0 Å². The number of benzene rings is 1. The summed E-state index contributed by atoms with van der Waals surface area (Å²) in [4.78, 5) is 9.89. The molecule has 0 aliphatic carbocycles. The molecule has 2 aromatic rings. The maximum absolute atomic E-state index is 9.27. The second kappa shape index (κ2) is 9.63. The quantitative estimate of drug-likeness (QED) is 0.217. The number of nitrogen functional groups attached to an aromatic ring is 1. The first-order chi connectivity index (χ1) is 14.7. The summed E-state index contributed by atoms with van der Waals surface area (Å²) in [7, 11) is 0. The number of aliphatic hydroxyl groups is 1. The normalized spacial score (nSPS) is 20.6. The number of rotatable bonds is 5. The van der Waals surface area contributed by atoms with Gasteiger partial charge in [-0.05, 0) is 37.0 Å². The molecule has 8 nitrogen and oxygen atoms in total. The van der Waals surface area contributed by atoms with Crippen LogP contribution in [0.4, 0.5) is 11.4 Å². The topological polar surface area (TPSA) is 113 Å². The molecule has 9 heteroatoms. The molecule has 2 aliphatic heterocycles. The lowest BCUT2D eigenvalue weighted by molar-refractivity contribution is 0.122. The highest BCUT2D eigenvalue weighted by molar-refractivity contribution is 7.11. The third-order valence-electron chi connectivity index (χ3n) is 5.81. The standard InChI is InChI=1S/C21H30N6O2S/c22-19-11-16(26-6-8-29-9-7-26)3-4-18(19)21(25-23)27-5-1-2-15(13-27)10-20-24-12-17(14-28)30-20/h3-4,11-12,15,28H,1-2,5-10,13-14,22-23H2/b25-21+. The van der Waals surface area contributed by atoms with Crippen molar-refractivity contribution in [3.05, 3.63) is 39.8 Å². The molecule has 3 heterocycles. The number of hydrogen-bond acceptors (Lipinski definition) is 8. The number of anilines is 2. The first kappa shape index (κ1) is 20.9. The van der Waals surface area contributed by atoms with Crippen LogP contribution in [0.3, 0.4) is 0 Å². The fraction of sp³-hybridized carbons (Fsp3) is 0.524. The number of ether oxygens (including phenoxy) is 1. The van der Waals surface area contributed by atoms with E-state index in [2.05, 4.69) is 26.0 Å². The van der Waals surface area contributed by atoms with Crippen LogP contribution in [0, 0.1) is 5.92 Å². The Kier molecular flexibility index (Phi) is 6.71. The summed E-state index contributed by atoms with van der Waals surface area (Å²) in [5.74, 6) is 7.06.